The Bertz CT molecular complexity index is 965. The van der Waals surface area contributed by atoms with E-state index in [1.54, 1.807) is 38.1 Å². The smallest absolute Gasteiger partial charge is 0.338 e. The number of ether oxygens (including phenoxy) is 1. The highest BCUT2D eigenvalue weighted by Gasteiger charge is 2.25. The van der Waals surface area contributed by atoms with Gasteiger partial charge in [0.1, 0.15) is 0 Å². The molecule has 0 aliphatic rings. The van der Waals surface area contributed by atoms with Crippen molar-refractivity contribution in [3.8, 4) is 0 Å². The quantitative estimate of drug-likeness (QED) is 0.522. The van der Waals surface area contributed by atoms with Crippen LogP contribution in [0.25, 0.3) is 0 Å². The first kappa shape index (κ1) is 21.8. The lowest BCUT2D eigenvalue weighted by Crippen LogP contribution is -2.33. The summed E-state index contributed by atoms with van der Waals surface area (Å²) in [4.78, 5) is 24.9. The molecular weight excluding hydrogens is 378 g/mol. The molecule has 0 saturated heterocycles. The SMILES string of the molecule is Cc1ccc(C(=O)[C@@H](C)OC(=O)c2cccc(S(=O)(=O)N(C)C(C)C)c2)cc1. The van der Waals surface area contributed by atoms with Crippen molar-refractivity contribution in [2.75, 3.05) is 7.05 Å². The number of rotatable bonds is 7. The minimum absolute atomic E-state index is 0.00401. The molecule has 0 amide bonds. The lowest BCUT2D eigenvalue weighted by molar-refractivity contribution is 0.0318. The van der Waals surface area contributed by atoms with Crippen molar-refractivity contribution >= 4 is 21.8 Å². The van der Waals surface area contributed by atoms with Gasteiger partial charge in [-0.15, -0.1) is 0 Å². The summed E-state index contributed by atoms with van der Waals surface area (Å²) in [5, 5.41) is 0. The van der Waals surface area contributed by atoms with Gasteiger partial charge in [-0.1, -0.05) is 35.9 Å². The van der Waals surface area contributed by atoms with Crippen LogP contribution < -0.4 is 0 Å². The number of benzene rings is 2. The molecule has 0 bridgehead atoms. The Hall–Kier alpha value is -2.51. The Morgan fingerprint density at radius 2 is 1.57 bits per heavy atom. The van der Waals surface area contributed by atoms with Gasteiger partial charge < -0.3 is 4.74 Å². The zero-order chi connectivity index (χ0) is 21.1. The molecular formula is C21H25NO5S. The molecule has 0 aliphatic heterocycles. The summed E-state index contributed by atoms with van der Waals surface area (Å²) < 4.78 is 31.7. The van der Waals surface area contributed by atoms with Crippen molar-refractivity contribution in [2.45, 2.75) is 44.7 Å². The van der Waals surface area contributed by atoms with E-state index in [4.69, 9.17) is 4.74 Å². The first-order valence-electron chi connectivity index (χ1n) is 8.94. The number of ketones is 1. The maximum Gasteiger partial charge on any atom is 0.338 e. The number of carbonyl (C=O) groups excluding carboxylic acids is 2. The van der Waals surface area contributed by atoms with Crippen LogP contribution in [0.5, 0.6) is 0 Å². The predicted molar refractivity (Wildman–Crippen MR) is 107 cm³/mol. The second-order valence-electron chi connectivity index (χ2n) is 6.92. The van der Waals surface area contributed by atoms with Crippen LogP contribution in [0.3, 0.4) is 0 Å². The monoisotopic (exact) mass is 403 g/mol. The van der Waals surface area contributed by atoms with Crippen LogP contribution in [-0.2, 0) is 14.8 Å². The molecule has 28 heavy (non-hydrogen) atoms. The van der Waals surface area contributed by atoms with E-state index in [0.717, 1.165) is 5.56 Å². The Balaban J connectivity index is 2.19. The molecule has 0 aromatic heterocycles. The summed E-state index contributed by atoms with van der Waals surface area (Å²) in [7, 11) is -2.25. The molecule has 0 fully saturated rings. The van der Waals surface area contributed by atoms with Crippen LogP contribution in [0, 0.1) is 6.92 Å². The van der Waals surface area contributed by atoms with E-state index in [1.807, 2.05) is 6.92 Å². The molecule has 7 heteroatoms. The highest BCUT2D eigenvalue weighted by atomic mass is 32.2. The van der Waals surface area contributed by atoms with Gasteiger partial charge in [0, 0.05) is 18.7 Å². The maximum absolute atomic E-state index is 12.6. The zero-order valence-electron chi connectivity index (χ0n) is 16.7. The average Bonchev–Trinajstić information content (AvgIpc) is 2.67. The molecule has 2 rings (SSSR count). The van der Waals surface area contributed by atoms with Crippen LogP contribution in [0.2, 0.25) is 0 Å². The first-order chi connectivity index (χ1) is 13.0. The molecule has 0 heterocycles. The number of sulfonamides is 1. The molecule has 1 atom stereocenters. The number of esters is 1. The lowest BCUT2D eigenvalue weighted by Gasteiger charge is -2.21. The maximum atomic E-state index is 12.6. The summed E-state index contributed by atoms with van der Waals surface area (Å²) in [6.45, 7) is 6.92. The Morgan fingerprint density at radius 1 is 0.964 bits per heavy atom. The Kier molecular flexibility index (Phi) is 6.74. The summed E-state index contributed by atoms with van der Waals surface area (Å²) >= 11 is 0. The highest BCUT2D eigenvalue weighted by molar-refractivity contribution is 7.89. The number of Topliss-reactive ketones (excluding diaryl/α,β-unsaturated/α-hetero) is 1. The van der Waals surface area contributed by atoms with E-state index in [1.165, 1.54) is 42.5 Å². The van der Waals surface area contributed by atoms with E-state index < -0.39 is 22.1 Å². The Labute approximate surface area is 166 Å². The van der Waals surface area contributed by atoms with Crippen molar-refractivity contribution in [1.82, 2.24) is 4.31 Å². The Morgan fingerprint density at radius 3 is 2.14 bits per heavy atom. The van der Waals surface area contributed by atoms with E-state index in [0.29, 0.717) is 5.56 Å². The van der Waals surface area contributed by atoms with Crippen LogP contribution in [0.15, 0.2) is 53.4 Å². The van der Waals surface area contributed by atoms with E-state index in [9.17, 15) is 18.0 Å². The molecule has 0 spiro atoms. The van der Waals surface area contributed by atoms with E-state index in [2.05, 4.69) is 0 Å². The largest absolute Gasteiger partial charge is 0.451 e. The van der Waals surface area contributed by atoms with Crippen molar-refractivity contribution in [1.29, 1.82) is 0 Å². The fourth-order valence-electron chi connectivity index (χ4n) is 2.46. The van der Waals surface area contributed by atoms with Gasteiger partial charge in [-0.05, 0) is 45.9 Å². The zero-order valence-corrected chi connectivity index (χ0v) is 17.5. The molecule has 0 aliphatic carbocycles. The van der Waals surface area contributed by atoms with E-state index >= 15 is 0 Å². The number of aryl methyl sites for hydroxylation is 1. The number of hydrogen-bond donors (Lipinski definition) is 0. The fourth-order valence-corrected chi connectivity index (χ4v) is 3.88. The second kappa shape index (κ2) is 8.67. The number of hydrogen-bond acceptors (Lipinski definition) is 5. The van der Waals surface area contributed by atoms with Crippen LogP contribution >= 0.6 is 0 Å². The summed E-state index contributed by atoms with van der Waals surface area (Å²) in [5.74, 6) is -1.08. The third kappa shape index (κ3) is 4.85. The summed E-state index contributed by atoms with van der Waals surface area (Å²) in [5.41, 5.74) is 1.54. The summed E-state index contributed by atoms with van der Waals surface area (Å²) in [6, 6.07) is 12.4. The normalized spacial score (nSPS) is 12.8. The molecule has 2 aromatic rings. The van der Waals surface area contributed by atoms with Gasteiger partial charge in [0.25, 0.3) is 0 Å². The minimum atomic E-state index is -3.73. The van der Waals surface area contributed by atoms with Crippen molar-refractivity contribution in [2.24, 2.45) is 0 Å². The fraction of sp³-hybridized carbons (Fsp3) is 0.333. The highest BCUT2D eigenvalue weighted by Crippen LogP contribution is 2.19. The number of carbonyl (C=O) groups is 2. The average molecular weight is 404 g/mol. The van der Waals surface area contributed by atoms with Crippen LogP contribution in [0.1, 0.15) is 47.1 Å². The third-order valence-corrected chi connectivity index (χ3v) is 6.49. The van der Waals surface area contributed by atoms with Crippen molar-refractivity contribution in [3.05, 3.63) is 65.2 Å². The van der Waals surface area contributed by atoms with Gasteiger partial charge in [0.05, 0.1) is 10.5 Å². The lowest BCUT2D eigenvalue weighted by atomic mass is 10.1. The minimum Gasteiger partial charge on any atom is -0.451 e. The third-order valence-electron chi connectivity index (χ3n) is 4.46. The van der Waals surface area contributed by atoms with Gasteiger partial charge in [-0.2, -0.15) is 4.31 Å². The van der Waals surface area contributed by atoms with Gasteiger partial charge in [0.2, 0.25) is 15.8 Å². The molecule has 6 nitrogen and oxygen atoms in total. The van der Waals surface area contributed by atoms with Gasteiger partial charge in [0.15, 0.2) is 6.10 Å². The molecule has 0 N–H and O–H groups in total. The molecule has 0 unspecified atom stereocenters. The topological polar surface area (TPSA) is 80.8 Å². The molecule has 2 aromatic carbocycles. The molecule has 150 valence electrons. The molecule has 0 saturated carbocycles. The predicted octanol–water partition coefficient (Wildman–Crippen LogP) is 3.45. The van der Waals surface area contributed by atoms with Crippen LogP contribution in [0.4, 0.5) is 0 Å². The number of nitrogens with zero attached hydrogens (tertiary/aromatic N) is 1. The van der Waals surface area contributed by atoms with Crippen molar-refractivity contribution in [3.63, 3.8) is 0 Å². The van der Waals surface area contributed by atoms with Gasteiger partial charge in [-0.25, -0.2) is 13.2 Å². The standard InChI is InChI=1S/C21H25NO5S/c1-14(2)22(5)28(25,26)19-8-6-7-18(13-19)21(24)27-16(4)20(23)17-11-9-15(3)10-12-17/h6-14,16H,1-5H3/t16-/m1/s1. The van der Waals surface area contributed by atoms with E-state index in [-0.39, 0.29) is 22.3 Å². The first-order valence-corrected chi connectivity index (χ1v) is 10.4. The molecule has 0 radical (unpaired) electrons. The van der Waals surface area contributed by atoms with Gasteiger partial charge >= 0.3 is 5.97 Å². The van der Waals surface area contributed by atoms with Crippen molar-refractivity contribution < 1.29 is 22.7 Å². The van der Waals surface area contributed by atoms with Gasteiger partial charge in [-0.3, -0.25) is 4.79 Å². The summed E-state index contributed by atoms with van der Waals surface area (Å²) in [6.07, 6.45) is -0.992. The second-order valence-corrected chi connectivity index (χ2v) is 8.92. The van der Waals surface area contributed by atoms with Crippen LogP contribution in [-0.4, -0.2) is 43.7 Å².